The molecule has 28 heavy (non-hydrogen) atoms. The van der Waals surface area contributed by atoms with Crippen LogP contribution in [0.1, 0.15) is 17.3 Å². The van der Waals surface area contributed by atoms with Crippen molar-refractivity contribution >= 4 is 28.5 Å². The number of aromatic nitrogens is 1. The topological polar surface area (TPSA) is 39.2 Å². The fourth-order valence-corrected chi connectivity index (χ4v) is 3.46. The predicted molar refractivity (Wildman–Crippen MR) is 114 cm³/mol. The molecule has 1 heterocycles. The number of hydrogen-bond donors (Lipinski definition) is 0. The molecule has 4 rings (SSSR count). The molecule has 0 N–H and O–H groups in total. The van der Waals surface area contributed by atoms with E-state index < -0.39 is 0 Å². The molecule has 0 aliphatic rings. The van der Waals surface area contributed by atoms with Gasteiger partial charge >= 0.3 is 5.97 Å². The van der Waals surface area contributed by atoms with Crippen LogP contribution in [-0.2, 0) is 4.74 Å². The highest BCUT2D eigenvalue weighted by molar-refractivity contribution is 6.30. The highest BCUT2D eigenvalue weighted by atomic mass is 35.5. The molecule has 0 bridgehead atoms. The number of benzene rings is 3. The third kappa shape index (κ3) is 3.37. The Hall–Kier alpha value is -3.17. The van der Waals surface area contributed by atoms with E-state index in [2.05, 4.69) is 0 Å². The van der Waals surface area contributed by atoms with E-state index in [1.807, 2.05) is 78.9 Å². The SMILES string of the molecule is CCOC(=O)c1c(-c2ccccc2)nc2ccccc2c1-c1ccc(Cl)cc1. The van der Waals surface area contributed by atoms with E-state index in [0.29, 0.717) is 22.9 Å². The second-order valence-electron chi connectivity index (χ2n) is 6.32. The minimum atomic E-state index is -0.385. The third-order valence-corrected chi connectivity index (χ3v) is 4.80. The second kappa shape index (κ2) is 7.83. The van der Waals surface area contributed by atoms with Gasteiger partial charge in [-0.3, -0.25) is 0 Å². The van der Waals surface area contributed by atoms with Gasteiger partial charge in [0.1, 0.15) is 0 Å². The summed E-state index contributed by atoms with van der Waals surface area (Å²) in [6, 6.07) is 25.0. The minimum Gasteiger partial charge on any atom is -0.462 e. The van der Waals surface area contributed by atoms with Crippen molar-refractivity contribution in [1.29, 1.82) is 0 Å². The van der Waals surface area contributed by atoms with E-state index in [4.69, 9.17) is 21.3 Å². The van der Waals surface area contributed by atoms with Crippen molar-refractivity contribution < 1.29 is 9.53 Å². The number of halogens is 1. The molecule has 0 atom stereocenters. The molecule has 0 fully saturated rings. The van der Waals surface area contributed by atoms with Crippen LogP contribution in [0.3, 0.4) is 0 Å². The molecule has 0 spiro atoms. The molecule has 0 saturated heterocycles. The number of rotatable bonds is 4. The van der Waals surface area contributed by atoms with Crippen LogP contribution < -0.4 is 0 Å². The van der Waals surface area contributed by atoms with Gasteiger partial charge < -0.3 is 4.74 Å². The summed E-state index contributed by atoms with van der Waals surface area (Å²) in [6.45, 7) is 2.09. The van der Waals surface area contributed by atoms with Crippen LogP contribution in [0.5, 0.6) is 0 Å². The van der Waals surface area contributed by atoms with Gasteiger partial charge in [0.15, 0.2) is 0 Å². The van der Waals surface area contributed by atoms with Gasteiger partial charge in [-0.2, -0.15) is 0 Å². The average Bonchev–Trinajstić information content (AvgIpc) is 2.74. The van der Waals surface area contributed by atoms with E-state index in [-0.39, 0.29) is 5.97 Å². The van der Waals surface area contributed by atoms with Crippen LogP contribution in [0.25, 0.3) is 33.3 Å². The fourth-order valence-electron chi connectivity index (χ4n) is 3.34. The maximum atomic E-state index is 13.1. The van der Waals surface area contributed by atoms with Gasteiger partial charge in [0.25, 0.3) is 0 Å². The number of para-hydroxylation sites is 1. The lowest BCUT2D eigenvalue weighted by Gasteiger charge is -2.17. The lowest BCUT2D eigenvalue weighted by molar-refractivity contribution is 0.0528. The second-order valence-corrected chi connectivity index (χ2v) is 6.76. The quantitative estimate of drug-likeness (QED) is 0.380. The molecule has 3 aromatic carbocycles. The third-order valence-electron chi connectivity index (χ3n) is 4.55. The summed E-state index contributed by atoms with van der Waals surface area (Å²) in [7, 11) is 0. The van der Waals surface area contributed by atoms with E-state index in [0.717, 1.165) is 27.6 Å². The molecule has 4 aromatic rings. The maximum absolute atomic E-state index is 13.1. The van der Waals surface area contributed by atoms with Crippen molar-refractivity contribution in [3.63, 3.8) is 0 Å². The van der Waals surface area contributed by atoms with Crippen molar-refractivity contribution in [2.75, 3.05) is 6.61 Å². The first-order valence-corrected chi connectivity index (χ1v) is 9.48. The van der Waals surface area contributed by atoms with Crippen LogP contribution in [0.4, 0.5) is 0 Å². The van der Waals surface area contributed by atoms with Crippen LogP contribution in [0, 0.1) is 0 Å². The Morgan fingerprint density at radius 3 is 2.29 bits per heavy atom. The average molecular weight is 388 g/mol. The molecular weight excluding hydrogens is 370 g/mol. The van der Waals surface area contributed by atoms with Crippen LogP contribution >= 0.6 is 11.6 Å². The molecule has 0 aliphatic heterocycles. The lowest BCUT2D eigenvalue weighted by Crippen LogP contribution is -2.10. The lowest BCUT2D eigenvalue weighted by atomic mass is 9.92. The number of hydrogen-bond acceptors (Lipinski definition) is 3. The Kier molecular flexibility index (Phi) is 5.09. The number of esters is 1. The van der Waals surface area contributed by atoms with Crippen LogP contribution in [0.2, 0.25) is 5.02 Å². The Balaban J connectivity index is 2.13. The first kappa shape index (κ1) is 18.2. The standard InChI is InChI=1S/C24H18ClNO2/c1-2-28-24(27)22-21(16-12-14-18(25)15-13-16)19-10-6-7-11-20(19)26-23(22)17-8-4-3-5-9-17/h3-15H,2H2,1H3. The van der Waals surface area contributed by atoms with Crippen molar-refractivity contribution in [3.05, 3.63) is 89.4 Å². The summed E-state index contributed by atoms with van der Waals surface area (Å²) in [5.41, 5.74) is 4.46. The summed E-state index contributed by atoms with van der Waals surface area (Å²) < 4.78 is 5.42. The van der Waals surface area contributed by atoms with Gasteiger partial charge in [0.05, 0.1) is 23.4 Å². The van der Waals surface area contributed by atoms with Crippen LogP contribution in [0.15, 0.2) is 78.9 Å². The first-order chi connectivity index (χ1) is 13.7. The van der Waals surface area contributed by atoms with Gasteiger partial charge in [0, 0.05) is 21.5 Å². The summed E-state index contributed by atoms with van der Waals surface area (Å²) in [4.78, 5) is 17.9. The smallest absolute Gasteiger partial charge is 0.341 e. The summed E-state index contributed by atoms with van der Waals surface area (Å²) in [5.74, 6) is -0.385. The molecule has 0 aliphatic carbocycles. The normalized spacial score (nSPS) is 10.8. The number of fused-ring (bicyclic) bond motifs is 1. The van der Waals surface area contributed by atoms with Gasteiger partial charge in [-0.05, 0) is 30.7 Å². The maximum Gasteiger partial charge on any atom is 0.341 e. The van der Waals surface area contributed by atoms with Gasteiger partial charge in [-0.25, -0.2) is 9.78 Å². The molecule has 0 unspecified atom stereocenters. The summed E-state index contributed by atoms with van der Waals surface area (Å²) >= 11 is 6.09. The van der Waals surface area contributed by atoms with Crippen molar-refractivity contribution in [1.82, 2.24) is 4.98 Å². The van der Waals surface area contributed by atoms with Crippen LogP contribution in [-0.4, -0.2) is 17.6 Å². The molecule has 0 radical (unpaired) electrons. The number of ether oxygens (including phenoxy) is 1. The zero-order chi connectivity index (χ0) is 19.5. The Bertz CT molecular complexity index is 1140. The zero-order valence-corrected chi connectivity index (χ0v) is 16.1. The molecule has 0 saturated carbocycles. The molecule has 4 heteroatoms. The highest BCUT2D eigenvalue weighted by Gasteiger charge is 2.24. The van der Waals surface area contributed by atoms with E-state index in [9.17, 15) is 4.79 Å². The van der Waals surface area contributed by atoms with E-state index in [1.165, 1.54) is 0 Å². The Morgan fingerprint density at radius 2 is 1.57 bits per heavy atom. The molecule has 138 valence electrons. The molecule has 1 aromatic heterocycles. The predicted octanol–water partition coefficient (Wildman–Crippen LogP) is 6.40. The zero-order valence-electron chi connectivity index (χ0n) is 15.4. The van der Waals surface area contributed by atoms with Crippen molar-refractivity contribution in [2.24, 2.45) is 0 Å². The van der Waals surface area contributed by atoms with Crippen molar-refractivity contribution in [2.45, 2.75) is 6.92 Å². The number of pyridine rings is 1. The van der Waals surface area contributed by atoms with E-state index in [1.54, 1.807) is 6.92 Å². The molecule has 0 amide bonds. The number of carbonyl (C=O) groups excluding carboxylic acids is 1. The molecule has 3 nitrogen and oxygen atoms in total. The number of carbonyl (C=O) groups is 1. The minimum absolute atomic E-state index is 0.292. The summed E-state index contributed by atoms with van der Waals surface area (Å²) in [5, 5.41) is 1.54. The Labute approximate surface area is 168 Å². The van der Waals surface area contributed by atoms with Gasteiger partial charge in [0.2, 0.25) is 0 Å². The molecular formula is C24H18ClNO2. The van der Waals surface area contributed by atoms with Gasteiger partial charge in [-0.15, -0.1) is 0 Å². The van der Waals surface area contributed by atoms with Crippen molar-refractivity contribution in [3.8, 4) is 22.4 Å². The number of nitrogens with zero attached hydrogens (tertiary/aromatic N) is 1. The van der Waals surface area contributed by atoms with E-state index >= 15 is 0 Å². The largest absolute Gasteiger partial charge is 0.462 e. The van der Waals surface area contributed by atoms with Gasteiger partial charge in [-0.1, -0.05) is 72.3 Å². The highest BCUT2D eigenvalue weighted by Crippen LogP contribution is 2.37. The summed E-state index contributed by atoms with van der Waals surface area (Å²) in [6.07, 6.45) is 0. The first-order valence-electron chi connectivity index (χ1n) is 9.10. The monoisotopic (exact) mass is 387 g/mol. The fraction of sp³-hybridized carbons (Fsp3) is 0.0833. The Morgan fingerprint density at radius 1 is 0.893 bits per heavy atom.